The molecule has 25 heavy (non-hydrogen) atoms. The molecule has 0 aliphatic carbocycles. The fourth-order valence-electron chi connectivity index (χ4n) is 3.02. The number of aromatic carboxylic acids is 1. The average Bonchev–Trinajstić information content (AvgIpc) is 2.61. The second kappa shape index (κ2) is 6.85. The van der Waals surface area contributed by atoms with E-state index in [4.69, 9.17) is 5.11 Å². The van der Waals surface area contributed by atoms with Gasteiger partial charge in [-0.1, -0.05) is 0 Å². The van der Waals surface area contributed by atoms with Crippen LogP contribution in [0.5, 0.6) is 0 Å². The second-order valence-electron chi connectivity index (χ2n) is 5.99. The molecular formula is C16H18N4O4S. The van der Waals surface area contributed by atoms with Gasteiger partial charge >= 0.3 is 5.97 Å². The van der Waals surface area contributed by atoms with E-state index in [1.807, 2.05) is 0 Å². The van der Waals surface area contributed by atoms with Crippen LogP contribution in [0.1, 0.15) is 34.8 Å². The van der Waals surface area contributed by atoms with Crippen molar-refractivity contribution in [3.8, 4) is 11.3 Å². The van der Waals surface area contributed by atoms with Crippen LogP contribution in [-0.2, 0) is 10.0 Å². The predicted octanol–water partition coefficient (Wildman–Crippen LogP) is 1.38. The lowest BCUT2D eigenvalue weighted by Gasteiger charge is -2.30. The van der Waals surface area contributed by atoms with E-state index in [2.05, 4.69) is 15.0 Å². The van der Waals surface area contributed by atoms with Gasteiger partial charge in [-0.2, -0.15) is 0 Å². The van der Waals surface area contributed by atoms with E-state index in [-0.39, 0.29) is 11.5 Å². The predicted molar refractivity (Wildman–Crippen MR) is 90.6 cm³/mol. The average molecular weight is 362 g/mol. The van der Waals surface area contributed by atoms with Gasteiger partial charge < -0.3 is 5.11 Å². The van der Waals surface area contributed by atoms with Crippen molar-refractivity contribution in [2.24, 2.45) is 0 Å². The number of piperidine rings is 1. The third-order valence-electron chi connectivity index (χ3n) is 4.29. The van der Waals surface area contributed by atoms with Gasteiger partial charge in [-0.3, -0.25) is 15.0 Å². The molecule has 1 fully saturated rings. The molecule has 0 radical (unpaired) electrons. The van der Waals surface area contributed by atoms with Crippen molar-refractivity contribution >= 4 is 16.0 Å². The van der Waals surface area contributed by atoms with E-state index in [0.717, 1.165) is 5.69 Å². The molecule has 0 amide bonds. The topological polar surface area (TPSA) is 113 Å². The molecule has 1 saturated heterocycles. The highest BCUT2D eigenvalue weighted by Gasteiger charge is 2.28. The first-order valence-electron chi connectivity index (χ1n) is 7.81. The molecule has 1 N–H and O–H groups in total. The summed E-state index contributed by atoms with van der Waals surface area (Å²) in [5.41, 5.74) is 2.02. The maximum absolute atomic E-state index is 11.7. The zero-order chi connectivity index (χ0) is 18.0. The fraction of sp³-hybridized carbons (Fsp3) is 0.375. The Morgan fingerprint density at radius 2 is 1.88 bits per heavy atom. The van der Waals surface area contributed by atoms with Crippen LogP contribution in [-0.4, -0.2) is 58.1 Å². The van der Waals surface area contributed by atoms with Crippen molar-refractivity contribution < 1.29 is 18.3 Å². The Hall–Kier alpha value is -2.39. The van der Waals surface area contributed by atoms with Gasteiger partial charge in [0, 0.05) is 49.4 Å². The number of hydrogen-bond acceptors (Lipinski definition) is 6. The van der Waals surface area contributed by atoms with Gasteiger partial charge in [-0.15, -0.1) is 0 Å². The van der Waals surface area contributed by atoms with Crippen LogP contribution in [0, 0.1) is 0 Å². The lowest BCUT2D eigenvalue weighted by Crippen LogP contribution is -2.37. The van der Waals surface area contributed by atoms with Gasteiger partial charge in [-0.05, 0) is 18.9 Å². The zero-order valence-electron chi connectivity index (χ0n) is 13.7. The van der Waals surface area contributed by atoms with Crippen LogP contribution in [0.25, 0.3) is 11.3 Å². The molecule has 0 saturated carbocycles. The first-order chi connectivity index (χ1) is 11.9. The largest absolute Gasteiger partial charge is 0.478 e. The summed E-state index contributed by atoms with van der Waals surface area (Å²) in [6.45, 7) is 0.875. The Kier molecular flexibility index (Phi) is 4.78. The minimum atomic E-state index is -3.19. The summed E-state index contributed by atoms with van der Waals surface area (Å²) in [4.78, 5) is 23.9. The van der Waals surface area contributed by atoms with Crippen LogP contribution < -0.4 is 0 Å². The van der Waals surface area contributed by atoms with Crippen LogP contribution in [0.3, 0.4) is 0 Å². The molecule has 3 rings (SSSR count). The normalized spacial score (nSPS) is 16.7. The van der Waals surface area contributed by atoms with Crippen molar-refractivity contribution in [3.63, 3.8) is 0 Å². The van der Waals surface area contributed by atoms with Crippen molar-refractivity contribution in [2.75, 3.05) is 19.3 Å². The van der Waals surface area contributed by atoms with E-state index < -0.39 is 16.0 Å². The molecule has 3 heterocycles. The van der Waals surface area contributed by atoms with E-state index >= 15 is 0 Å². The first kappa shape index (κ1) is 17.4. The van der Waals surface area contributed by atoms with Gasteiger partial charge in [0.05, 0.1) is 23.2 Å². The highest BCUT2D eigenvalue weighted by atomic mass is 32.2. The molecule has 1 aliphatic rings. The smallest absolute Gasteiger partial charge is 0.337 e. The van der Waals surface area contributed by atoms with Gasteiger partial charge in [-0.25, -0.2) is 17.5 Å². The lowest BCUT2D eigenvalue weighted by atomic mass is 9.91. The highest BCUT2D eigenvalue weighted by molar-refractivity contribution is 7.88. The summed E-state index contributed by atoms with van der Waals surface area (Å²) >= 11 is 0. The Bertz CT molecular complexity index is 893. The minimum absolute atomic E-state index is 0.0650. The maximum Gasteiger partial charge on any atom is 0.337 e. The van der Waals surface area contributed by atoms with Gasteiger partial charge in [0.25, 0.3) is 0 Å². The van der Waals surface area contributed by atoms with Crippen LogP contribution in [0.4, 0.5) is 0 Å². The molecule has 0 atom stereocenters. The molecule has 2 aromatic heterocycles. The maximum atomic E-state index is 11.7. The van der Waals surface area contributed by atoms with Gasteiger partial charge in [0.2, 0.25) is 10.0 Å². The second-order valence-corrected chi connectivity index (χ2v) is 7.98. The quantitative estimate of drug-likeness (QED) is 0.874. The summed E-state index contributed by atoms with van der Waals surface area (Å²) < 4.78 is 24.8. The van der Waals surface area contributed by atoms with Gasteiger partial charge in [0.1, 0.15) is 0 Å². The first-order valence-corrected chi connectivity index (χ1v) is 9.66. The number of carboxylic acid groups (broad SMARTS) is 1. The number of pyridine rings is 1. The van der Waals surface area contributed by atoms with Crippen LogP contribution in [0.15, 0.2) is 30.9 Å². The SMILES string of the molecule is CS(=O)(=O)N1CCC(c2nccnc2-c2cncc(C(=O)O)c2)CC1. The molecule has 9 heteroatoms. The molecule has 0 aromatic carbocycles. The van der Waals surface area contributed by atoms with Crippen molar-refractivity contribution in [1.29, 1.82) is 0 Å². The molecular weight excluding hydrogens is 344 g/mol. The molecule has 132 valence electrons. The molecule has 2 aromatic rings. The van der Waals surface area contributed by atoms with E-state index in [1.165, 1.54) is 22.8 Å². The monoisotopic (exact) mass is 362 g/mol. The molecule has 0 unspecified atom stereocenters. The number of hydrogen-bond donors (Lipinski definition) is 1. The minimum Gasteiger partial charge on any atom is -0.478 e. The third kappa shape index (κ3) is 3.83. The number of sulfonamides is 1. The summed E-state index contributed by atoms with van der Waals surface area (Å²) in [5.74, 6) is -0.989. The molecule has 8 nitrogen and oxygen atoms in total. The Morgan fingerprint density at radius 3 is 2.52 bits per heavy atom. The Balaban J connectivity index is 1.90. The van der Waals surface area contributed by atoms with E-state index in [9.17, 15) is 13.2 Å². The van der Waals surface area contributed by atoms with Crippen molar-refractivity contribution in [2.45, 2.75) is 18.8 Å². The van der Waals surface area contributed by atoms with Gasteiger partial charge in [0.15, 0.2) is 0 Å². The third-order valence-corrected chi connectivity index (χ3v) is 5.60. The Labute approximate surface area is 145 Å². The number of nitrogens with zero attached hydrogens (tertiary/aromatic N) is 4. The van der Waals surface area contributed by atoms with E-state index in [1.54, 1.807) is 18.6 Å². The summed E-state index contributed by atoms with van der Waals surface area (Å²) in [7, 11) is -3.19. The standard InChI is InChI=1S/C16H18N4O4S/c1-25(23,24)20-6-2-11(3-7-20)14-15(19-5-4-18-14)12-8-13(16(21)22)10-17-9-12/h4-5,8-11H,2-3,6-7H2,1H3,(H,21,22). The zero-order valence-corrected chi connectivity index (χ0v) is 14.5. The number of aromatic nitrogens is 3. The summed E-state index contributed by atoms with van der Waals surface area (Å²) in [6, 6.07) is 1.52. The van der Waals surface area contributed by atoms with E-state index in [0.29, 0.717) is 37.2 Å². The summed E-state index contributed by atoms with van der Waals surface area (Å²) in [6.07, 6.45) is 8.49. The number of carbonyl (C=O) groups is 1. The fourth-order valence-corrected chi connectivity index (χ4v) is 3.89. The lowest BCUT2D eigenvalue weighted by molar-refractivity contribution is 0.0696. The number of carboxylic acids is 1. The molecule has 0 bridgehead atoms. The summed E-state index contributed by atoms with van der Waals surface area (Å²) in [5, 5.41) is 9.14. The number of rotatable bonds is 4. The molecule has 0 spiro atoms. The van der Waals surface area contributed by atoms with Crippen molar-refractivity contribution in [1.82, 2.24) is 19.3 Å². The van der Waals surface area contributed by atoms with Crippen LogP contribution >= 0.6 is 0 Å². The molecule has 1 aliphatic heterocycles. The highest BCUT2D eigenvalue weighted by Crippen LogP contribution is 2.33. The van der Waals surface area contributed by atoms with Crippen LogP contribution in [0.2, 0.25) is 0 Å². The Morgan fingerprint density at radius 1 is 1.20 bits per heavy atom. The van der Waals surface area contributed by atoms with Crippen molar-refractivity contribution in [3.05, 3.63) is 42.1 Å².